The van der Waals surface area contributed by atoms with E-state index in [0.29, 0.717) is 27.8 Å². The lowest BCUT2D eigenvalue weighted by Gasteiger charge is -2.26. The molecule has 3 rings (SSSR count). The van der Waals surface area contributed by atoms with Crippen LogP contribution >= 0.6 is 11.6 Å². The van der Waals surface area contributed by atoms with Crippen LogP contribution in [0.4, 0.5) is 0 Å². The van der Waals surface area contributed by atoms with Gasteiger partial charge in [0.2, 0.25) is 5.60 Å². The quantitative estimate of drug-likeness (QED) is 0.623. The van der Waals surface area contributed by atoms with Crippen LogP contribution in [0.2, 0.25) is 5.02 Å². The van der Waals surface area contributed by atoms with E-state index in [1.54, 1.807) is 72.8 Å². The lowest BCUT2D eigenvalue weighted by molar-refractivity contribution is -0.154. The van der Waals surface area contributed by atoms with Gasteiger partial charge in [0.1, 0.15) is 17.2 Å². The van der Waals surface area contributed by atoms with Crippen LogP contribution in [0.3, 0.4) is 0 Å². The van der Waals surface area contributed by atoms with Crippen LogP contribution in [0.1, 0.15) is 12.5 Å². The lowest BCUT2D eigenvalue weighted by atomic mass is 9.96. The summed E-state index contributed by atoms with van der Waals surface area (Å²) in [4.78, 5) is 11.8. The fourth-order valence-corrected chi connectivity index (χ4v) is 2.56. The number of carboxylic acid groups (broad SMARTS) is 1. The van der Waals surface area contributed by atoms with E-state index >= 15 is 0 Å². The van der Waals surface area contributed by atoms with E-state index in [4.69, 9.17) is 21.1 Å². The Morgan fingerprint density at radius 1 is 0.846 bits per heavy atom. The average Bonchev–Trinajstić information content (AvgIpc) is 2.65. The number of halogens is 1. The van der Waals surface area contributed by atoms with E-state index in [1.165, 1.54) is 6.92 Å². The number of hydrogen-bond acceptors (Lipinski definition) is 3. The number of carboxylic acids is 1. The Labute approximate surface area is 156 Å². The molecule has 0 saturated heterocycles. The molecule has 0 bridgehead atoms. The molecule has 0 spiro atoms. The van der Waals surface area contributed by atoms with E-state index in [0.717, 1.165) is 0 Å². The van der Waals surface area contributed by atoms with Crippen molar-refractivity contribution in [2.24, 2.45) is 0 Å². The third kappa shape index (κ3) is 3.98. The normalized spacial score (nSPS) is 12.8. The standard InChI is InChI=1S/C21H17ClO4/c1-21(20(23)24,15-5-3-2-4-6-15)26-19-13-11-18(12-14-19)25-17-9-7-16(22)8-10-17/h2-14H,1H3,(H,23,24). The molecule has 0 heterocycles. The molecule has 3 aromatic carbocycles. The fourth-order valence-electron chi connectivity index (χ4n) is 2.43. The summed E-state index contributed by atoms with van der Waals surface area (Å²) in [6.07, 6.45) is 0. The van der Waals surface area contributed by atoms with E-state index < -0.39 is 11.6 Å². The largest absolute Gasteiger partial charge is 0.478 e. The number of ether oxygens (including phenoxy) is 2. The van der Waals surface area contributed by atoms with Gasteiger partial charge < -0.3 is 14.6 Å². The Bertz CT molecular complexity index is 876. The van der Waals surface area contributed by atoms with Crippen LogP contribution in [-0.2, 0) is 10.4 Å². The van der Waals surface area contributed by atoms with Crippen LogP contribution < -0.4 is 9.47 Å². The Kier molecular flexibility index (Phi) is 5.14. The molecule has 1 N–H and O–H groups in total. The number of aliphatic carboxylic acids is 1. The first kappa shape index (κ1) is 17.8. The maximum Gasteiger partial charge on any atom is 0.352 e. The lowest BCUT2D eigenvalue weighted by Crippen LogP contribution is -2.38. The Hall–Kier alpha value is -2.98. The molecule has 0 aromatic heterocycles. The highest BCUT2D eigenvalue weighted by Crippen LogP contribution is 2.31. The SMILES string of the molecule is CC(Oc1ccc(Oc2ccc(Cl)cc2)cc1)(C(=O)O)c1ccccc1. The molecule has 1 atom stereocenters. The Morgan fingerprint density at radius 2 is 1.35 bits per heavy atom. The third-order valence-electron chi connectivity index (χ3n) is 3.93. The van der Waals surface area contributed by atoms with Crippen molar-refractivity contribution < 1.29 is 19.4 Å². The van der Waals surface area contributed by atoms with E-state index in [-0.39, 0.29) is 0 Å². The minimum Gasteiger partial charge on any atom is -0.478 e. The van der Waals surface area contributed by atoms with E-state index in [1.807, 2.05) is 6.07 Å². The second-order valence-electron chi connectivity index (χ2n) is 5.83. The molecule has 0 aliphatic heterocycles. The van der Waals surface area contributed by atoms with Gasteiger partial charge in [-0.3, -0.25) is 0 Å². The zero-order chi connectivity index (χ0) is 18.6. The molecule has 4 nitrogen and oxygen atoms in total. The molecule has 3 aromatic rings. The zero-order valence-corrected chi connectivity index (χ0v) is 14.8. The van der Waals surface area contributed by atoms with Crippen LogP contribution in [0.15, 0.2) is 78.9 Å². The number of rotatable bonds is 6. The van der Waals surface area contributed by atoms with Gasteiger partial charge in [0.05, 0.1) is 0 Å². The second kappa shape index (κ2) is 7.50. The molecule has 0 saturated carbocycles. The monoisotopic (exact) mass is 368 g/mol. The van der Waals surface area contributed by atoms with Gasteiger partial charge in [-0.05, 0) is 55.5 Å². The molecule has 0 aliphatic rings. The van der Waals surface area contributed by atoms with Crippen LogP contribution in [0.5, 0.6) is 17.2 Å². The van der Waals surface area contributed by atoms with Crippen molar-refractivity contribution >= 4 is 17.6 Å². The molecule has 0 radical (unpaired) electrons. The Balaban J connectivity index is 1.77. The summed E-state index contributed by atoms with van der Waals surface area (Å²) in [5.41, 5.74) is -0.922. The molecule has 132 valence electrons. The van der Waals surface area contributed by atoms with Crippen molar-refractivity contribution in [2.75, 3.05) is 0 Å². The molecule has 1 unspecified atom stereocenters. The van der Waals surface area contributed by atoms with Crippen molar-refractivity contribution in [1.82, 2.24) is 0 Å². The summed E-state index contributed by atoms with van der Waals surface area (Å²) >= 11 is 5.85. The summed E-state index contributed by atoms with van der Waals surface area (Å²) in [7, 11) is 0. The van der Waals surface area contributed by atoms with Crippen molar-refractivity contribution in [1.29, 1.82) is 0 Å². The first-order valence-electron chi connectivity index (χ1n) is 7.99. The number of hydrogen-bond donors (Lipinski definition) is 1. The van der Waals surface area contributed by atoms with E-state index in [2.05, 4.69) is 0 Å². The van der Waals surface area contributed by atoms with Gasteiger partial charge in [-0.25, -0.2) is 4.79 Å². The van der Waals surface area contributed by atoms with Gasteiger partial charge in [-0.1, -0.05) is 41.9 Å². The van der Waals surface area contributed by atoms with Gasteiger partial charge in [0.15, 0.2) is 0 Å². The highest BCUT2D eigenvalue weighted by Gasteiger charge is 2.37. The highest BCUT2D eigenvalue weighted by atomic mass is 35.5. The zero-order valence-electron chi connectivity index (χ0n) is 14.1. The van der Waals surface area contributed by atoms with Gasteiger partial charge in [0, 0.05) is 10.6 Å². The average molecular weight is 369 g/mol. The van der Waals surface area contributed by atoms with Crippen molar-refractivity contribution in [3.05, 3.63) is 89.4 Å². The smallest absolute Gasteiger partial charge is 0.352 e. The summed E-state index contributed by atoms with van der Waals surface area (Å²) in [6.45, 7) is 1.53. The summed E-state index contributed by atoms with van der Waals surface area (Å²) < 4.78 is 11.5. The fraction of sp³-hybridized carbons (Fsp3) is 0.0952. The van der Waals surface area contributed by atoms with Crippen LogP contribution in [-0.4, -0.2) is 11.1 Å². The molecule has 0 aliphatic carbocycles. The molecule has 0 amide bonds. The number of benzene rings is 3. The summed E-state index contributed by atoms with van der Waals surface area (Å²) in [5.74, 6) is 0.631. The predicted molar refractivity (Wildman–Crippen MR) is 100 cm³/mol. The van der Waals surface area contributed by atoms with Crippen molar-refractivity contribution in [3.63, 3.8) is 0 Å². The molecular formula is C21H17ClO4. The van der Waals surface area contributed by atoms with Crippen molar-refractivity contribution in [2.45, 2.75) is 12.5 Å². The molecular weight excluding hydrogens is 352 g/mol. The van der Waals surface area contributed by atoms with Crippen molar-refractivity contribution in [3.8, 4) is 17.2 Å². The summed E-state index contributed by atoms with van der Waals surface area (Å²) in [6, 6.07) is 22.7. The van der Waals surface area contributed by atoms with Gasteiger partial charge in [0.25, 0.3) is 0 Å². The van der Waals surface area contributed by atoms with Crippen LogP contribution in [0, 0.1) is 0 Å². The Morgan fingerprint density at radius 3 is 1.88 bits per heavy atom. The maximum atomic E-state index is 11.8. The minimum atomic E-state index is -1.49. The van der Waals surface area contributed by atoms with Gasteiger partial charge >= 0.3 is 5.97 Å². The summed E-state index contributed by atoms with van der Waals surface area (Å²) in [5, 5.41) is 10.3. The molecule has 0 fully saturated rings. The maximum absolute atomic E-state index is 11.8. The predicted octanol–water partition coefficient (Wildman–Crippen LogP) is 5.51. The third-order valence-corrected chi connectivity index (χ3v) is 4.18. The number of carbonyl (C=O) groups is 1. The van der Waals surface area contributed by atoms with Crippen LogP contribution in [0.25, 0.3) is 0 Å². The topological polar surface area (TPSA) is 55.8 Å². The molecule has 5 heteroatoms. The highest BCUT2D eigenvalue weighted by molar-refractivity contribution is 6.30. The minimum absolute atomic E-state index is 0.433. The van der Waals surface area contributed by atoms with E-state index in [9.17, 15) is 9.90 Å². The second-order valence-corrected chi connectivity index (χ2v) is 6.27. The van der Waals surface area contributed by atoms with Gasteiger partial charge in [-0.2, -0.15) is 0 Å². The van der Waals surface area contributed by atoms with Gasteiger partial charge in [-0.15, -0.1) is 0 Å². The first-order valence-corrected chi connectivity index (χ1v) is 8.36. The first-order chi connectivity index (χ1) is 12.5. The molecule has 26 heavy (non-hydrogen) atoms.